The van der Waals surface area contributed by atoms with Gasteiger partial charge in [0, 0.05) is 6.20 Å². The second kappa shape index (κ2) is 6.52. The molecule has 0 aliphatic carbocycles. The predicted octanol–water partition coefficient (Wildman–Crippen LogP) is 2.44. The van der Waals surface area contributed by atoms with Crippen molar-refractivity contribution in [2.24, 2.45) is 0 Å². The smallest absolute Gasteiger partial charge is 0.301 e. The molecule has 6 nitrogen and oxygen atoms in total. The highest BCUT2D eigenvalue weighted by atomic mass is 32.2. The minimum Gasteiger partial charge on any atom is -0.301 e. The lowest BCUT2D eigenvalue weighted by atomic mass is 10.1. The fourth-order valence-electron chi connectivity index (χ4n) is 2.43. The number of hydrogen-bond donors (Lipinski definition) is 2. The molecule has 130 valence electrons. The number of carbonyl (C=O) groups is 1. The number of halogens is 2. The van der Waals surface area contributed by atoms with Crippen LogP contribution in [0.3, 0.4) is 0 Å². The van der Waals surface area contributed by atoms with Crippen molar-refractivity contribution in [3.8, 4) is 0 Å². The summed E-state index contributed by atoms with van der Waals surface area (Å²) in [6.45, 7) is 0. The molecule has 9 heteroatoms. The van der Waals surface area contributed by atoms with Crippen LogP contribution in [0.15, 0.2) is 65.7 Å². The van der Waals surface area contributed by atoms with Gasteiger partial charge in [0.2, 0.25) is 0 Å². The number of hydrogen-bond acceptors (Lipinski definition) is 4. The first-order chi connectivity index (χ1) is 11.9. The number of amides is 2. The molecule has 2 amide bonds. The van der Waals surface area contributed by atoms with Crippen LogP contribution in [0.1, 0.15) is 11.6 Å². The summed E-state index contributed by atoms with van der Waals surface area (Å²) in [4.78, 5) is 11.1. The standard InChI is InChI=1S/C16H13F2N3O3S/c17-12-7-4-8-13(18)15(12)25(23,24)20-16(22)21-14(9-10-19-21)11-5-2-1-3-6-11/h1-10,14,19H,(H,20,22). The Kier molecular flexibility index (Phi) is 4.41. The molecule has 1 unspecified atom stereocenters. The average Bonchev–Trinajstić information content (AvgIpc) is 3.04. The van der Waals surface area contributed by atoms with Crippen LogP contribution < -0.4 is 10.1 Å². The lowest BCUT2D eigenvalue weighted by molar-refractivity contribution is 0.181. The second-order valence-electron chi connectivity index (χ2n) is 5.18. The highest BCUT2D eigenvalue weighted by Gasteiger charge is 2.32. The van der Waals surface area contributed by atoms with Gasteiger partial charge >= 0.3 is 6.03 Å². The van der Waals surface area contributed by atoms with Crippen LogP contribution in [0.25, 0.3) is 0 Å². The molecule has 25 heavy (non-hydrogen) atoms. The van der Waals surface area contributed by atoms with Crippen molar-refractivity contribution in [3.63, 3.8) is 0 Å². The van der Waals surface area contributed by atoms with Crippen LogP contribution in [0, 0.1) is 11.6 Å². The Hall–Kier alpha value is -2.94. The van der Waals surface area contributed by atoms with Crippen molar-refractivity contribution >= 4 is 16.1 Å². The van der Waals surface area contributed by atoms with Crippen molar-refractivity contribution in [2.75, 3.05) is 0 Å². The molecule has 2 aromatic carbocycles. The Morgan fingerprint density at radius 1 is 1.04 bits per heavy atom. The summed E-state index contributed by atoms with van der Waals surface area (Å²) in [5.74, 6) is -2.57. The summed E-state index contributed by atoms with van der Waals surface area (Å²) in [5, 5.41) is 1.01. The first-order valence-corrected chi connectivity index (χ1v) is 8.66. The molecule has 0 fully saturated rings. The molecule has 1 aliphatic heterocycles. The monoisotopic (exact) mass is 365 g/mol. The van der Waals surface area contributed by atoms with Crippen LogP contribution in [0.4, 0.5) is 13.6 Å². The molecule has 0 bridgehead atoms. The molecular formula is C16H13F2N3O3S. The second-order valence-corrected chi connectivity index (χ2v) is 6.79. The zero-order valence-corrected chi connectivity index (χ0v) is 13.5. The van der Waals surface area contributed by atoms with Gasteiger partial charge in [-0.25, -0.2) is 31.7 Å². The van der Waals surface area contributed by atoms with E-state index >= 15 is 0 Å². The third kappa shape index (κ3) is 3.31. The lowest BCUT2D eigenvalue weighted by Crippen LogP contribution is -2.47. The van der Waals surface area contributed by atoms with E-state index in [2.05, 4.69) is 5.43 Å². The van der Waals surface area contributed by atoms with E-state index in [1.165, 1.54) is 6.20 Å². The van der Waals surface area contributed by atoms with E-state index in [9.17, 15) is 22.0 Å². The van der Waals surface area contributed by atoms with Gasteiger partial charge in [0.1, 0.15) is 11.6 Å². The Labute approximate surface area is 142 Å². The molecule has 0 aromatic heterocycles. The maximum absolute atomic E-state index is 13.7. The fourth-order valence-corrected chi connectivity index (χ4v) is 3.51. The van der Waals surface area contributed by atoms with E-state index in [0.717, 1.165) is 28.8 Å². The van der Waals surface area contributed by atoms with Crippen LogP contribution in [-0.2, 0) is 10.0 Å². The van der Waals surface area contributed by atoms with E-state index in [0.29, 0.717) is 0 Å². The minimum absolute atomic E-state index is 0.568. The topological polar surface area (TPSA) is 78.5 Å². The van der Waals surface area contributed by atoms with Crippen LogP contribution in [0.5, 0.6) is 0 Å². The summed E-state index contributed by atoms with van der Waals surface area (Å²) < 4.78 is 53.5. The van der Waals surface area contributed by atoms with E-state index in [4.69, 9.17) is 0 Å². The molecule has 1 atom stereocenters. The normalized spacial score (nSPS) is 16.6. The number of sulfonamides is 1. The maximum Gasteiger partial charge on any atom is 0.350 e. The molecule has 3 rings (SSSR count). The molecule has 0 radical (unpaired) electrons. The average molecular weight is 365 g/mol. The molecular weight excluding hydrogens is 352 g/mol. The maximum atomic E-state index is 13.7. The van der Waals surface area contributed by atoms with Gasteiger partial charge in [-0.15, -0.1) is 0 Å². The van der Waals surface area contributed by atoms with Gasteiger partial charge in [-0.05, 0) is 23.8 Å². The van der Waals surface area contributed by atoms with Crippen LogP contribution in [-0.4, -0.2) is 19.5 Å². The number of benzene rings is 2. The fraction of sp³-hybridized carbons (Fsp3) is 0.0625. The van der Waals surface area contributed by atoms with Gasteiger partial charge < -0.3 is 5.43 Å². The largest absolute Gasteiger partial charge is 0.350 e. The number of rotatable bonds is 3. The van der Waals surface area contributed by atoms with Crippen molar-refractivity contribution in [3.05, 3.63) is 78.0 Å². The molecule has 0 spiro atoms. The number of nitrogens with one attached hydrogen (secondary N) is 2. The van der Waals surface area contributed by atoms with E-state index in [-0.39, 0.29) is 0 Å². The summed E-state index contributed by atoms with van der Waals surface area (Å²) in [7, 11) is -4.72. The third-order valence-electron chi connectivity index (χ3n) is 3.54. The number of urea groups is 1. The van der Waals surface area contributed by atoms with E-state index in [1.807, 2.05) is 0 Å². The van der Waals surface area contributed by atoms with Crippen molar-refractivity contribution < 1.29 is 22.0 Å². The molecule has 0 saturated heterocycles. The quantitative estimate of drug-likeness (QED) is 0.876. The van der Waals surface area contributed by atoms with Crippen LogP contribution in [0.2, 0.25) is 0 Å². The molecule has 0 saturated carbocycles. The van der Waals surface area contributed by atoms with Crippen LogP contribution >= 0.6 is 0 Å². The number of hydrazine groups is 1. The Morgan fingerprint density at radius 2 is 1.68 bits per heavy atom. The SMILES string of the molecule is O=C(NS(=O)(=O)c1c(F)cccc1F)N1NC=CC1c1ccccc1. The van der Waals surface area contributed by atoms with Gasteiger partial charge in [0.05, 0.1) is 6.04 Å². The summed E-state index contributed by atoms with van der Waals surface area (Å²) >= 11 is 0. The van der Waals surface area contributed by atoms with Gasteiger partial charge in [0.15, 0.2) is 4.90 Å². The lowest BCUT2D eigenvalue weighted by Gasteiger charge is -2.24. The van der Waals surface area contributed by atoms with Gasteiger partial charge in [0.25, 0.3) is 10.0 Å². The predicted molar refractivity (Wildman–Crippen MR) is 85.4 cm³/mol. The highest BCUT2D eigenvalue weighted by Crippen LogP contribution is 2.25. The molecule has 2 aromatic rings. The van der Waals surface area contributed by atoms with Crippen molar-refractivity contribution in [1.82, 2.24) is 15.2 Å². The number of carbonyl (C=O) groups excluding carboxylic acids is 1. The van der Waals surface area contributed by atoms with Crippen molar-refractivity contribution in [1.29, 1.82) is 0 Å². The molecule has 1 heterocycles. The zero-order chi connectivity index (χ0) is 18.0. The van der Waals surface area contributed by atoms with Gasteiger partial charge in [-0.3, -0.25) is 0 Å². The summed E-state index contributed by atoms with van der Waals surface area (Å²) in [6.07, 6.45) is 3.11. The van der Waals surface area contributed by atoms with E-state index < -0.39 is 38.6 Å². The zero-order valence-electron chi connectivity index (χ0n) is 12.7. The Balaban J connectivity index is 1.84. The van der Waals surface area contributed by atoms with E-state index in [1.54, 1.807) is 41.1 Å². The highest BCUT2D eigenvalue weighted by molar-refractivity contribution is 7.90. The Bertz CT molecular complexity index is 913. The number of nitrogens with zero attached hydrogens (tertiary/aromatic N) is 1. The minimum atomic E-state index is -4.72. The summed E-state index contributed by atoms with van der Waals surface area (Å²) in [6, 6.07) is 9.83. The van der Waals surface area contributed by atoms with Gasteiger partial charge in [-0.1, -0.05) is 36.4 Å². The first-order valence-electron chi connectivity index (χ1n) is 7.18. The van der Waals surface area contributed by atoms with Gasteiger partial charge in [-0.2, -0.15) is 0 Å². The summed E-state index contributed by atoms with van der Waals surface area (Å²) in [5.41, 5.74) is 3.33. The first kappa shape index (κ1) is 16.9. The van der Waals surface area contributed by atoms with Crippen molar-refractivity contribution in [2.45, 2.75) is 10.9 Å². The third-order valence-corrected chi connectivity index (χ3v) is 4.91. The Morgan fingerprint density at radius 3 is 2.32 bits per heavy atom. The molecule has 1 aliphatic rings. The molecule has 2 N–H and O–H groups in total.